The standard InChI is InChI=1S/C24H20ClN3O2S/c1-3-17-18(23(30)28-16-7-5-4-6-8-16)13(2)27-24-19(17)20(26)22(31-24)21(29)14-9-11-15(25)12-10-14/h4-12H,3,26H2,1-2H3,(H,28,30). The molecule has 0 aliphatic heterocycles. The third-order valence-electron chi connectivity index (χ3n) is 5.09. The van der Waals surface area contributed by atoms with Crippen LogP contribution in [0.4, 0.5) is 11.4 Å². The minimum Gasteiger partial charge on any atom is -0.397 e. The summed E-state index contributed by atoms with van der Waals surface area (Å²) in [6.07, 6.45) is 0.576. The van der Waals surface area contributed by atoms with Crippen LogP contribution in [0.3, 0.4) is 0 Å². The Balaban J connectivity index is 1.82. The van der Waals surface area contributed by atoms with Crippen molar-refractivity contribution in [2.24, 2.45) is 0 Å². The fourth-order valence-corrected chi connectivity index (χ4v) is 4.88. The molecular weight excluding hydrogens is 430 g/mol. The van der Waals surface area contributed by atoms with E-state index in [-0.39, 0.29) is 11.7 Å². The summed E-state index contributed by atoms with van der Waals surface area (Å²) in [6, 6.07) is 15.9. The average Bonchev–Trinajstić information content (AvgIpc) is 3.09. The summed E-state index contributed by atoms with van der Waals surface area (Å²) in [6.45, 7) is 3.76. The van der Waals surface area contributed by atoms with Crippen molar-refractivity contribution in [2.75, 3.05) is 11.1 Å². The van der Waals surface area contributed by atoms with E-state index < -0.39 is 0 Å². The molecule has 2 aromatic heterocycles. The van der Waals surface area contributed by atoms with Gasteiger partial charge in [0.25, 0.3) is 5.91 Å². The summed E-state index contributed by atoms with van der Waals surface area (Å²) in [7, 11) is 0. The number of halogens is 1. The van der Waals surface area contributed by atoms with E-state index in [1.54, 1.807) is 31.2 Å². The quantitative estimate of drug-likeness (QED) is 0.372. The van der Waals surface area contributed by atoms with E-state index in [1.807, 2.05) is 37.3 Å². The van der Waals surface area contributed by atoms with Crippen LogP contribution in [-0.4, -0.2) is 16.7 Å². The Morgan fingerprint density at radius 1 is 1.10 bits per heavy atom. The zero-order chi connectivity index (χ0) is 22.1. The predicted molar refractivity (Wildman–Crippen MR) is 127 cm³/mol. The van der Waals surface area contributed by atoms with Gasteiger partial charge in [-0.1, -0.05) is 36.7 Å². The smallest absolute Gasteiger partial charge is 0.257 e. The molecule has 0 saturated carbocycles. The first-order chi connectivity index (χ1) is 14.9. The highest BCUT2D eigenvalue weighted by Crippen LogP contribution is 2.38. The molecule has 0 fully saturated rings. The van der Waals surface area contributed by atoms with Crippen molar-refractivity contribution in [3.8, 4) is 0 Å². The van der Waals surface area contributed by atoms with E-state index in [9.17, 15) is 9.59 Å². The number of para-hydroxylation sites is 1. The van der Waals surface area contributed by atoms with E-state index >= 15 is 0 Å². The number of aryl methyl sites for hydroxylation is 2. The predicted octanol–water partition coefficient (Wildman–Crippen LogP) is 5.89. The second-order valence-corrected chi connectivity index (χ2v) is 8.52. The molecule has 3 N–H and O–H groups in total. The number of ketones is 1. The highest BCUT2D eigenvalue weighted by Gasteiger charge is 2.25. The molecule has 4 rings (SSSR count). The van der Waals surface area contributed by atoms with Crippen LogP contribution >= 0.6 is 22.9 Å². The molecule has 5 nitrogen and oxygen atoms in total. The Morgan fingerprint density at radius 3 is 2.42 bits per heavy atom. The first-order valence-electron chi connectivity index (χ1n) is 9.78. The summed E-state index contributed by atoms with van der Waals surface area (Å²) in [5.41, 5.74) is 9.89. The molecule has 0 radical (unpaired) electrons. The molecule has 0 aliphatic carbocycles. The van der Waals surface area contributed by atoms with Crippen molar-refractivity contribution in [1.29, 1.82) is 0 Å². The second kappa shape index (κ2) is 8.49. The summed E-state index contributed by atoms with van der Waals surface area (Å²) in [4.78, 5) is 31.9. The molecule has 7 heteroatoms. The van der Waals surface area contributed by atoms with Crippen molar-refractivity contribution in [1.82, 2.24) is 4.98 Å². The molecule has 0 bridgehead atoms. The number of fused-ring (bicyclic) bond motifs is 1. The minimum absolute atomic E-state index is 0.188. The highest BCUT2D eigenvalue weighted by atomic mass is 35.5. The van der Waals surface area contributed by atoms with Gasteiger partial charge in [0.05, 0.1) is 16.9 Å². The van der Waals surface area contributed by atoms with Gasteiger partial charge in [0.1, 0.15) is 9.71 Å². The molecule has 0 saturated heterocycles. The molecule has 31 heavy (non-hydrogen) atoms. The zero-order valence-electron chi connectivity index (χ0n) is 17.0. The number of benzene rings is 2. The number of anilines is 2. The van der Waals surface area contributed by atoms with Gasteiger partial charge < -0.3 is 11.1 Å². The summed E-state index contributed by atoms with van der Waals surface area (Å²) in [5.74, 6) is -0.432. The Bertz CT molecular complexity index is 1300. The van der Waals surface area contributed by atoms with Gasteiger partial charge in [0.15, 0.2) is 0 Å². The van der Waals surface area contributed by atoms with Gasteiger partial charge in [-0.2, -0.15) is 0 Å². The summed E-state index contributed by atoms with van der Waals surface area (Å²) in [5, 5.41) is 4.15. The molecular formula is C24H20ClN3O2S. The molecule has 2 aromatic carbocycles. The number of carbonyl (C=O) groups is 2. The SMILES string of the molecule is CCc1c(C(=O)Nc2ccccc2)c(C)nc2sc(C(=O)c3ccc(Cl)cc3)c(N)c12. The molecule has 0 unspecified atom stereocenters. The molecule has 1 amide bonds. The number of carbonyl (C=O) groups excluding carboxylic acids is 2. The molecule has 2 heterocycles. The van der Waals surface area contributed by atoms with Gasteiger partial charge in [-0.15, -0.1) is 11.3 Å². The van der Waals surface area contributed by atoms with Gasteiger partial charge in [-0.25, -0.2) is 4.98 Å². The number of amides is 1. The maximum absolute atomic E-state index is 13.1. The lowest BCUT2D eigenvalue weighted by atomic mass is 9.98. The van der Waals surface area contributed by atoms with Crippen LogP contribution in [0.5, 0.6) is 0 Å². The monoisotopic (exact) mass is 449 g/mol. The topological polar surface area (TPSA) is 85.1 Å². The van der Waals surface area contributed by atoms with Gasteiger partial charge >= 0.3 is 0 Å². The van der Waals surface area contributed by atoms with Crippen molar-refractivity contribution in [2.45, 2.75) is 20.3 Å². The second-order valence-electron chi connectivity index (χ2n) is 7.09. The number of pyridine rings is 1. The molecule has 0 spiro atoms. The summed E-state index contributed by atoms with van der Waals surface area (Å²) >= 11 is 7.19. The minimum atomic E-state index is -0.244. The Hall–Kier alpha value is -3.22. The van der Waals surface area contributed by atoms with Crippen molar-refractivity contribution >= 4 is 56.2 Å². The fraction of sp³-hybridized carbons (Fsp3) is 0.125. The van der Waals surface area contributed by atoms with Gasteiger partial charge in [-0.05, 0) is 55.3 Å². The number of rotatable bonds is 5. The summed E-state index contributed by atoms with van der Waals surface area (Å²) < 4.78 is 0. The lowest BCUT2D eigenvalue weighted by Gasteiger charge is -2.13. The maximum atomic E-state index is 13.1. The van der Waals surface area contributed by atoms with Gasteiger partial charge in [0, 0.05) is 21.7 Å². The number of nitrogens with one attached hydrogen (secondary N) is 1. The van der Waals surface area contributed by atoms with Crippen LogP contribution < -0.4 is 11.1 Å². The lowest BCUT2D eigenvalue weighted by Crippen LogP contribution is -2.17. The number of hydrogen-bond donors (Lipinski definition) is 2. The van der Waals surface area contributed by atoms with E-state index in [2.05, 4.69) is 10.3 Å². The van der Waals surface area contributed by atoms with Crippen LogP contribution in [0.2, 0.25) is 5.02 Å². The first-order valence-corrected chi connectivity index (χ1v) is 11.0. The Kier molecular flexibility index (Phi) is 5.76. The van der Waals surface area contributed by atoms with Crippen molar-refractivity contribution in [3.63, 3.8) is 0 Å². The average molecular weight is 450 g/mol. The van der Waals surface area contributed by atoms with E-state index in [4.69, 9.17) is 17.3 Å². The number of nitrogens with zero attached hydrogens (tertiary/aromatic N) is 1. The molecule has 156 valence electrons. The highest BCUT2D eigenvalue weighted by molar-refractivity contribution is 7.21. The first kappa shape index (κ1) is 21.0. The largest absolute Gasteiger partial charge is 0.397 e. The molecule has 0 aliphatic rings. The van der Waals surface area contributed by atoms with Crippen LogP contribution in [0.15, 0.2) is 54.6 Å². The normalized spacial score (nSPS) is 10.9. The van der Waals surface area contributed by atoms with Crippen LogP contribution in [0.25, 0.3) is 10.2 Å². The van der Waals surface area contributed by atoms with E-state index in [1.165, 1.54) is 11.3 Å². The molecule has 0 atom stereocenters. The Labute approximate surface area is 188 Å². The third-order valence-corrected chi connectivity index (χ3v) is 6.44. The lowest BCUT2D eigenvalue weighted by molar-refractivity contribution is 0.102. The number of thiophene rings is 1. The van der Waals surface area contributed by atoms with Gasteiger partial charge in [-0.3, -0.25) is 9.59 Å². The van der Waals surface area contributed by atoms with Gasteiger partial charge in [0.2, 0.25) is 5.78 Å². The van der Waals surface area contributed by atoms with Crippen LogP contribution in [0, 0.1) is 6.92 Å². The van der Waals surface area contributed by atoms with Crippen LogP contribution in [0.1, 0.15) is 43.8 Å². The van der Waals surface area contributed by atoms with E-state index in [0.29, 0.717) is 54.7 Å². The fourth-order valence-electron chi connectivity index (χ4n) is 3.62. The van der Waals surface area contributed by atoms with Crippen molar-refractivity contribution < 1.29 is 9.59 Å². The maximum Gasteiger partial charge on any atom is 0.257 e. The number of nitrogens with two attached hydrogens (primary N) is 1. The van der Waals surface area contributed by atoms with E-state index in [0.717, 1.165) is 5.56 Å². The van der Waals surface area contributed by atoms with Crippen LogP contribution in [-0.2, 0) is 6.42 Å². The number of nitrogen functional groups attached to an aromatic ring is 1. The Morgan fingerprint density at radius 2 is 1.77 bits per heavy atom. The zero-order valence-corrected chi connectivity index (χ0v) is 18.6. The third kappa shape index (κ3) is 3.92. The number of aromatic nitrogens is 1. The number of hydrogen-bond acceptors (Lipinski definition) is 5. The van der Waals surface area contributed by atoms with Crippen molar-refractivity contribution in [3.05, 3.63) is 86.9 Å². The molecule has 4 aromatic rings.